The molecular weight excluding hydrogens is 398 g/mol. The molecule has 0 aliphatic rings. The number of nitrogens with zero attached hydrogens (tertiary/aromatic N) is 1. The Morgan fingerprint density at radius 1 is 1.19 bits per heavy atom. The molecule has 0 bridgehead atoms. The molecule has 7 heteroatoms. The summed E-state index contributed by atoms with van der Waals surface area (Å²) in [5.41, 5.74) is 0.714. The van der Waals surface area contributed by atoms with Gasteiger partial charge >= 0.3 is 6.09 Å². The lowest BCUT2D eigenvalue weighted by molar-refractivity contribution is -0.123. The summed E-state index contributed by atoms with van der Waals surface area (Å²) in [6, 6.07) is 11.8. The molecular formula is C19H22BrN3O3. The lowest BCUT2D eigenvalue weighted by atomic mass is 10.1. The molecule has 26 heavy (non-hydrogen) atoms. The van der Waals surface area contributed by atoms with Gasteiger partial charge < -0.3 is 15.4 Å². The number of carbonyl (C=O) groups excluding carboxylic acids is 2. The molecule has 2 aromatic rings. The molecule has 2 N–H and O–H groups in total. The Balaban J connectivity index is 2.14. The van der Waals surface area contributed by atoms with E-state index in [2.05, 4.69) is 31.5 Å². The van der Waals surface area contributed by atoms with Gasteiger partial charge in [0.25, 0.3) is 0 Å². The quantitative estimate of drug-likeness (QED) is 0.773. The summed E-state index contributed by atoms with van der Waals surface area (Å²) in [5, 5.41) is 5.44. The Morgan fingerprint density at radius 3 is 2.58 bits per heavy atom. The molecule has 0 aliphatic carbocycles. The number of benzene rings is 1. The molecule has 1 aromatic heterocycles. The Bertz CT molecular complexity index is 760. The van der Waals surface area contributed by atoms with Gasteiger partial charge in [-0.2, -0.15) is 0 Å². The van der Waals surface area contributed by atoms with E-state index in [0.29, 0.717) is 5.56 Å². The third kappa shape index (κ3) is 6.48. The Hall–Kier alpha value is -2.41. The standard InChI is InChI=1S/C19H22BrN3O3/c1-19(2,3)26-18(25)23-16(13-7-6-8-14(20)11-13)17(24)22-12-15-9-4-5-10-21-15/h4-11,16H,12H2,1-3H3,(H,22,24)(H,23,25). The van der Waals surface area contributed by atoms with Gasteiger partial charge in [-0.1, -0.05) is 34.1 Å². The fraction of sp³-hybridized carbons (Fsp3) is 0.316. The van der Waals surface area contributed by atoms with Crippen molar-refractivity contribution < 1.29 is 14.3 Å². The average Bonchev–Trinajstić information content (AvgIpc) is 2.57. The van der Waals surface area contributed by atoms with Crippen molar-refractivity contribution in [2.75, 3.05) is 0 Å². The second kappa shape index (κ2) is 8.80. The first-order chi connectivity index (χ1) is 12.2. The van der Waals surface area contributed by atoms with Gasteiger partial charge in [-0.3, -0.25) is 9.78 Å². The Morgan fingerprint density at radius 2 is 1.96 bits per heavy atom. The van der Waals surface area contributed by atoms with Crippen LogP contribution in [-0.2, 0) is 16.1 Å². The normalized spacial score (nSPS) is 12.2. The molecule has 0 radical (unpaired) electrons. The lowest BCUT2D eigenvalue weighted by Crippen LogP contribution is -2.42. The van der Waals surface area contributed by atoms with E-state index in [0.717, 1.165) is 10.2 Å². The molecule has 1 atom stereocenters. The maximum atomic E-state index is 12.7. The summed E-state index contributed by atoms with van der Waals surface area (Å²) in [6.45, 7) is 5.56. The van der Waals surface area contributed by atoms with Gasteiger partial charge in [0.05, 0.1) is 12.2 Å². The highest BCUT2D eigenvalue weighted by Gasteiger charge is 2.26. The summed E-state index contributed by atoms with van der Waals surface area (Å²) in [5.74, 6) is -0.348. The first kappa shape index (κ1) is 19.9. The summed E-state index contributed by atoms with van der Waals surface area (Å²) in [7, 11) is 0. The van der Waals surface area contributed by atoms with Gasteiger partial charge in [0.15, 0.2) is 0 Å². The van der Waals surface area contributed by atoms with Crippen LogP contribution in [0.1, 0.15) is 38.1 Å². The minimum absolute atomic E-state index is 0.264. The van der Waals surface area contributed by atoms with Gasteiger partial charge in [0.2, 0.25) is 5.91 Å². The molecule has 0 fully saturated rings. The first-order valence-corrected chi connectivity index (χ1v) is 8.96. The summed E-state index contributed by atoms with van der Waals surface area (Å²) in [6.07, 6.45) is 1.00. The fourth-order valence-electron chi connectivity index (χ4n) is 2.19. The SMILES string of the molecule is CC(C)(C)OC(=O)NC(C(=O)NCc1ccccn1)c1cccc(Br)c1. The Labute approximate surface area is 161 Å². The lowest BCUT2D eigenvalue weighted by Gasteiger charge is -2.23. The van der Waals surface area contributed by atoms with E-state index in [4.69, 9.17) is 4.74 Å². The van der Waals surface area contributed by atoms with Gasteiger partial charge in [0.1, 0.15) is 11.6 Å². The van der Waals surface area contributed by atoms with Crippen LogP contribution in [-0.4, -0.2) is 22.6 Å². The first-order valence-electron chi connectivity index (χ1n) is 8.17. The largest absolute Gasteiger partial charge is 0.444 e. The number of hydrogen-bond donors (Lipinski definition) is 2. The van der Waals surface area contributed by atoms with Crippen LogP contribution in [0, 0.1) is 0 Å². The minimum Gasteiger partial charge on any atom is -0.444 e. The van der Waals surface area contributed by atoms with E-state index < -0.39 is 17.7 Å². The van der Waals surface area contributed by atoms with E-state index in [1.807, 2.05) is 18.2 Å². The van der Waals surface area contributed by atoms with Crippen LogP contribution >= 0.6 is 15.9 Å². The summed E-state index contributed by atoms with van der Waals surface area (Å²) < 4.78 is 6.09. The zero-order valence-electron chi connectivity index (χ0n) is 15.0. The number of rotatable bonds is 5. The maximum Gasteiger partial charge on any atom is 0.408 e. The highest BCUT2D eigenvalue weighted by molar-refractivity contribution is 9.10. The number of hydrogen-bond acceptors (Lipinski definition) is 4. The zero-order valence-corrected chi connectivity index (χ0v) is 16.5. The number of aromatic nitrogens is 1. The third-order valence-electron chi connectivity index (χ3n) is 3.28. The van der Waals surface area contributed by atoms with Crippen LogP contribution in [0.3, 0.4) is 0 Å². The van der Waals surface area contributed by atoms with Crippen molar-refractivity contribution in [3.05, 3.63) is 64.4 Å². The van der Waals surface area contributed by atoms with Crippen LogP contribution in [0.25, 0.3) is 0 Å². The van der Waals surface area contributed by atoms with Crippen molar-refractivity contribution in [2.24, 2.45) is 0 Å². The van der Waals surface area contributed by atoms with E-state index >= 15 is 0 Å². The average molecular weight is 420 g/mol. The van der Waals surface area contributed by atoms with Crippen molar-refractivity contribution in [1.82, 2.24) is 15.6 Å². The molecule has 2 amide bonds. The van der Waals surface area contributed by atoms with Crippen LogP contribution in [0.5, 0.6) is 0 Å². The number of alkyl carbamates (subject to hydrolysis) is 1. The summed E-state index contributed by atoms with van der Waals surface area (Å²) in [4.78, 5) is 29.0. The number of halogens is 1. The Kier molecular flexibility index (Phi) is 6.74. The highest BCUT2D eigenvalue weighted by Crippen LogP contribution is 2.19. The van der Waals surface area contributed by atoms with Gasteiger partial charge in [-0.05, 0) is 50.6 Å². The van der Waals surface area contributed by atoms with Crippen LogP contribution < -0.4 is 10.6 Å². The predicted octanol–water partition coefficient (Wildman–Crippen LogP) is 3.73. The molecule has 0 aliphatic heterocycles. The smallest absolute Gasteiger partial charge is 0.408 e. The number of pyridine rings is 1. The molecule has 0 saturated carbocycles. The van der Waals surface area contributed by atoms with E-state index in [9.17, 15) is 9.59 Å². The molecule has 1 aromatic carbocycles. The van der Waals surface area contributed by atoms with Crippen molar-refractivity contribution in [3.8, 4) is 0 Å². The molecule has 0 saturated heterocycles. The number of nitrogens with one attached hydrogen (secondary N) is 2. The second-order valence-electron chi connectivity index (χ2n) is 6.67. The highest BCUT2D eigenvalue weighted by atomic mass is 79.9. The minimum atomic E-state index is -0.883. The number of amides is 2. The number of ether oxygens (including phenoxy) is 1. The van der Waals surface area contributed by atoms with Crippen molar-refractivity contribution in [1.29, 1.82) is 0 Å². The van der Waals surface area contributed by atoms with E-state index in [1.54, 1.807) is 51.2 Å². The van der Waals surface area contributed by atoms with E-state index in [1.165, 1.54) is 0 Å². The molecule has 6 nitrogen and oxygen atoms in total. The topological polar surface area (TPSA) is 80.3 Å². The molecule has 2 rings (SSSR count). The van der Waals surface area contributed by atoms with Gasteiger partial charge in [-0.25, -0.2) is 4.79 Å². The molecule has 1 unspecified atom stereocenters. The molecule has 1 heterocycles. The summed E-state index contributed by atoms with van der Waals surface area (Å²) >= 11 is 3.38. The predicted molar refractivity (Wildman–Crippen MR) is 102 cm³/mol. The number of carbonyl (C=O) groups is 2. The third-order valence-corrected chi connectivity index (χ3v) is 3.77. The van der Waals surface area contributed by atoms with E-state index in [-0.39, 0.29) is 12.5 Å². The van der Waals surface area contributed by atoms with Crippen LogP contribution in [0.4, 0.5) is 4.79 Å². The van der Waals surface area contributed by atoms with Crippen molar-refractivity contribution in [3.63, 3.8) is 0 Å². The molecule has 138 valence electrons. The molecule has 0 spiro atoms. The van der Waals surface area contributed by atoms with Gasteiger partial charge in [-0.15, -0.1) is 0 Å². The maximum absolute atomic E-state index is 12.7. The van der Waals surface area contributed by atoms with Crippen LogP contribution in [0.15, 0.2) is 53.1 Å². The van der Waals surface area contributed by atoms with Crippen LogP contribution in [0.2, 0.25) is 0 Å². The second-order valence-corrected chi connectivity index (χ2v) is 7.59. The van der Waals surface area contributed by atoms with Gasteiger partial charge in [0, 0.05) is 10.7 Å². The monoisotopic (exact) mass is 419 g/mol. The fourth-order valence-corrected chi connectivity index (χ4v) is 2.61. The van der Waals surface area contributed by atoms with Crippen molar-refractivity contribution >= 4 is 27.9 Å². The zero-order chi connectivity index (χ0) is 19.2. The van der Waals surface area contributed by atoms with Crippen molar-refractivity contribution in [2.45, 2.75) is 39.0 Å².